The van der Waals surface area contributed by atoms with Gasteiger partial charge in [0.25, 0.3) is 5.91 Å². The van der Waals surface area contributed by atoms with Gasteiger partial charge in [-0.05, 0) is 43.0 Å². The largest absolute Gasteiger partial charge is 0.416 e. The number of rotatable bonds is 6. The Balaban J connectivity index is 1.40. The van der Waals surface area contributed by atoms with Crippen molar-refractivity contribution in [1.29, 1.82) is 0 Å². The van der Waals surface area contributed by atoms with E-state index in [1.807, 2.05) is 30.3 Å². The van der Waals surface area contributed by atoms with Gasteiger partial charge in [-0.15, -0.1) is 0 Å². The van der Waals surface area contributed by atoms with Gasteiger partial charge in [-0.3, -0.25) is 14.5 Å². The lowest BCUT2D eigenvalue weighted by Gasteiger charge is -2.13. The molecule has 1 aliphatic heterocycles. The van der Waals surface area contributed by atoms with E-state index < -0.39 is 11.7 Å². The first kappa shape index (κ1) is 23.0. The average molecular weight is 474 g/mol. The Morgan fingerprint density at radius 2 is 1.82 bits per heavy atom. The van der Waals surface area contributed by atoms with Crippen LogP contribution in [0.4, 0.5) is 18.3 Å². The summed E-state index contributed by atoms with van der Waals surface area (Å²) in [5.41, 5.74) is 1.51. The number of hydrogen-bond acceptors (Lipinski definition) is 4. The van der Waals surface area contributed by atoms with Gasteiger partial charge < -0.3 is 5.32 Å². The van der Waals surface area contributed by atoms with Gasteiger partial charge in [0.15, 0.2) is 5.13 Å². The minimum absolute atomic E-state index is 0.125. The van der Waals surface area contributed by atoms with E-state index in [1.54, 1.807) is 11.8 Å². The molecule has 1 unspecified atom stereocenters. The molecule has 1 atom stereocenters. The van der Waals surface area contributed by atoms with E-state index in [0.29, 0.717) is 47.2 Å². The number of alkyl halides is 3. The number of nitrogens with one attached hydrogen (secondary N) is 1. The Morgan fingerprint density at radius 3 is 2.48 bits per heavy atom. The molecule has 172 valence electrons. The van der Waals surface area contributed by atoms with Crippen LogP contribution >= 0.6 is 11.3 Å². The van der Waals surface area contributed by atoms with E-state index in [-0.39, 0.29) is 17.7 Å². The van der Waals surface area contributed by atoms with Crippen molar-refractivity contribution in [3.63, 3.8) is 0 Å². The molecule has 3 aromatic rings. The summed E-state index contributed by atoms with van der Waals surface area (Å²) in [6, 6.07) is 14.5. The highest BCUT2D eigenvalue weighted by molar-refractivity contribution is 7.17. The fraction of sp³-hybridized carbons (Fsp3) is 0.292. The number of carbonyl (C=O) groups is 2. The van der Waals surface area contributed by atoms with E-state index in [2.05, 4.69) is 10.3 Å². The highest BCUT2D eigenvalue weighted by atomic mass is 32.1. The maximum Gasteiger partial charge on any atom is 0.416 e. The number of aromatic nitrogens is 1. The second-order valence-electron chi connectivity index (χ2n) is 7.95. The van der Waals surface area contributed by atoms with E-state index >= 15 is 0 Å². The SMILES string of the molecule is Cc1nc(N2CCC(Cc3ccc(C(F)(F)F)cc3)C2=O)sc1C(=O)NCc1ccccc1. The maximum atomic E-state index is 12.9. The Kier molecular flexibility index (Phi) is 6.51. The third-order valence-corrected chi connectivity index (χ3v) is 6.78. The quantitative estimate of drug-likeness (QED) is 0.548. The maximum absolute atomic E-state index is 12.9. The van der Waals surface area contributed by atoms with Crippen molar-refractivity contribution in [2.24, 2.45) is 5.92 Å². The van der Waals surface area contributed by atoms with E-state index in [9.17, 15) is 22.8 Å². The van der Waals surface area contributed by atoms with Gasteiger partial charge in [0, 0.05) is 19.0 Å². The summed E-state index contributed by atoms with van der Waals surface area (Å²) in [7, 11) is 0. The third-order valence-electron chi connectivity index (χ3n) is 5.60. The summed E-state index contributed by atoms with van der Waals surface area (Å²) < 4.78 is 38.3. The predicted molar refractivity (Wildman–Crippen MR) is 120 cm³/mol. The number of aryl methyl sites for hydroxylation is 1. The molecular formula is C24H22F3N3O2S. The fourth-order valence-electron chi connectivity index (χ4n) is 3.80. The molecule has 0 saturated carbocycles. The van der Waals surface area contributed by atoms with Crippen molar-refractivity contribution >= 4 is 28.3 Å². The highest BCUT2D eigenvalue weighted by Crippen LogP contribution is 2.33. The number of benzene rings is 2. The van der Waals surface area contributed by atoms with Crippen molar-refractivity contribution in [3.05, 3.63) is 81.9 Å². The van der Waals surface area contributed by atoms with Crippen molar-refractivity contribution in [3.8, 4) is 0 Å². The van der Waals surface area contributed by atoms with Gasteiger partial charge in [0.2, 0.25) is 5.91 Å². The topological polar surface area (TPSA) is 62.3 Å². The number of amides is 2. The molecule has 1 fully saturated rings. The number of anilines is 1. The molecule has 1 saturated heterocycles. The number of halogens is 3. The third kappa shape index (κ3) is 5.24. The van der Waals surface area contributed by atoms with Gasteiger partial charge in [-0.25, -0.2) is 4.98 Å². The molecule has 1 aliphatic rings. The molecule has 4 rings (SSSR count). The predicted octanol–water partition coefficient (Wildman–Crippen LogP) is 5.00. The molecule has 2 heterocycles. The first-order valence-corrected chi connectivity index (χ1v) is 11.3. The lowest BCUT2D eigenvalue weighted by Crippen LogP contribution is -2.27. The fourth-order valence-corrected chi connectivity index (χ4v) is 4.81. The Morgan fingerprint density at radius 1 is 1.12 bits per heavy atom. The molecule has 5 nitrogen and oxygen atoms in total. The second-order valence-corrected chi connectivity index (χ2v) is 8.93. The first-order valence-electron chi connectivity index (χ1n) is 10.5. The summed E-state index contributed by atoms with van der Waals surface area (Å²) in [6.07, 6.45) is -3.44. The van der Waals surface area contributed by atoms with Crippen LogP contribution < -0.4 is 10.2 Å². The lowest BCUT2D eigenvalue weighted by atomic mass is 9.97. The second kappa shape index (κ2) is 9.35. The van der Waals surface area contributed by atoms with Crippen molar-refractivity contribution in [1.82, 2.24) is 10.3 Å². The highest BCUT2D eigenvalue weighted by Gasteiger charge is 2.35. The van der Waals surface area contributed by atoms with Crippen molar-refractivity contribution < 1.29 is 22.8 Å². The molecule has 2 amide bonds. The average Bonchev–Trinajstić information content (AvgIpc) is 3.35. The Bertz CT molecular complexity index is 1140. The van der Waals surface area contributed by atoms with Crippen LogP contribution in [-0.2, 0) is 23.9 Å². The van der Waals surface area contributed by atoms with E-state index in [4.69, 9.17) is 0 Å². The normalized spacial score (nSPS) is 16.3. The smallest absolute Gasteiger partial charge is 0.347 e. The zero-order chi connectivity index (χ0) is 23.6. The van der Waals surface area contributed by atoms with Crippen molar-refractivity contribution in [2.45, 2.75) is 32.5 Å². The van der Waals surface area contributed by atoms with Crippen LogP contribution in [0.25, 0.3) is 0 Å². The molecule has 9 heteroatoms. The lowest BCUT2D eigenvalue weighted by molar-refractivity contribution is -0.137. The zero-order valence-corrected chi connectivity index (χ0v) is 18.7. The molecule has 2 aromatic carbocycles. The van der Waals surface area contributed by atoms with Crippen LogP contribution in [-0.4, -0.2) is 23.3 Å². The number of hydrogen-bond donors (Lipinski definition) is 1. The first-order chi connectivity index (χ1) is 15.7. The minimum Gasteiger partial charge on any atom is -0.347 e. The van der Waals surface area contributed by atoms with E-state index in [0.717, 1.165) is 17.7 Å². The van der Waals surface area contributed by atoms with Crippen LogP contribution in [0.1, 0.15) is 38.5 Å². The Labute approximate surface area is 193 Å². The number of carbonyl (C=O) groups excluding carboxylic acids is 2. The van der Waals surface area contributed by atoms with Crippen LogP contribution in [0.5, 0.6) is 0 Å². The van der Waals surface area contributed by atoms with Crippen LogP contribution in [0, 0.1) is 12.8 Å². The van der Waals surface area contributed by atoms with E-state index in [1.165, 1.54) is 23.5 Å². The van der Waals surface area contributed by atoms with Crippen molar-refractivity contribution in [2.75, 3.05) is 11.4 Å². The minimum atomic E-state index is -4.38. The van der Waals surface area contributed by atoms with Crippen LogP contribution in [0.3, 0.4) is 0 Å². The molecule has 0 radical (unpaired) electrons. The molecule has 33 heavy (non-hydrogen) atoms. The molecule has 0 aliphatic carbocycles. The standard InChI is InChI=1S/C24H22F3N3O2S/c1-15-20(21(31)28-14-17-5-3-2-4-6-17)33-23(29-15)30-12-11-18(22(30)32)13-16-7-9-19(10-8-16)24(25,26)27/h2-10,18H,11-14H2,1H3,(H,28,31). The summed E-state index contributed by atoms with van der Waals surface area (Å²) in [5, 5.41) is 3.35. The summed E-state index contributed by atoms with van der Waals surface area (Å²) in [4.78, 5) is 32.0. The Hall–Kier alpha value is -3.20. The zero-order valence-electron chi connectivity index (χ0n) is 17.9. The molecule has 1 aromatic heterocycles. The summed E-state index contributed by atoms with van der Waals surface area (Å²) in [6.45, 7) is 2.59. The van der Waals surface area contributed by atoms with Gasteiger partial charge in [0.1, 0.15) is 4.88 Å². The van der Waals surface area contributed by atoms with Crippen LogP contribution in [0.15, 0.2) is 54.6 Å². The molecule has 0 spiro atoms. The monoisotopic (exact) mass is 473 g/mol. The van der Waals surface area contributed by atoms with Gasteiger partial charge in [-0.2, -0.15) is 13.2 Å². The molecular weight excluding hydrogens is 451 g/mol. The number of thiazole rings is 1. The molecule has 0 bridgehead atoms. The van der Waals surface area contributed by atoms with Gasteiger partial charge >= 0.3 is 6.18 Å². The summed E-state index contributed by atoms with van der Waals surface area (Å²) >= 11 is 1.17. The van der Waals surface area contributed by atoms with Gasteiger partial charge in [0.05, 0.1) is 11.3 Å². The van der Waals surface area contributed by atoms with Crippen LogP contribution in [0.2, 0.25) is 0 Å². The van der Waals surface area contributed by atoms with Gasteiger partial charge in [-0.1, -0.05) is 53.8 Å². The molecule has 1 N–H and O–H groups in total. The summed E-state index contributed by atoms with van der Waals surface area (Å²) in [5.74, 6) is -0.700. The number of nitrogens with zero attached hydrogens (tertiary/aromatic N) is 2.